The lowest BCUT2D eigenvalue weighted by Gasteiger charge is -2.38. The number of rotatable bonds is 4. The Bertz CT molecular complexity index is 1600. The molecule has 1 aliphatic carbocycles. The number of halogens is 2. The number of methoxy groups -OCH3 is 1. The van der Waals surface area contributed by atoms with E-state index < -0.39 is 12.0 Å². The zero-order valence-electron chi connectivity index (χ0n) is 21.5. The van der Waals surface area contributed by atoms with Gasteiger partial charge in [0.05, 0.1) is 40.5 Å². The van der Waals surface area contributed by atoms with Crippen LogP contribution in [0.3, 0.4) is 0 Å². The molecule has 4 aromatic rings. The molecule has 1 N–H and O–H groups in total. The van der Waals surface area contributed by atoms with Crippen molar-refractivity contribution in [3.63, 3.8) is 0 Å². The maximum absolute atomic E-state index is 14.1. The van der Waals surface area contributed by atoms with Crippen LogP contribution in [0.25, 0.3) is 0 Å². The Balaban J connectivity index is 1.43. The molecular formula is C31H25Cl2N3O3S. The van der Waals surface area contributed by atoms with Gasteiger partial charge in [-0.3, -0.25) is 14.7 Å². The number of hydrogen-bond acceptors (Lipinski definition) is 5. The maximum atomic E-state index is 14.1. The number of fused-ring (bicyclic) bond motifs is 2. The molecule has 1 fully saturated rings. The van der Waals surface area contributed by atoms with E-state index in [9.17, 15) is 9.59 Å². The van der Waals surface area contributed by atoms with Gasteiger partial charge in [-0.15, -0.1) is 11.3 Å². The molecule has 0 radical (unpaired) electrons. The van der Waals surface area contributed by atoms with Crippen molar-refractivity contribution < 1.29 is 14.3 Å². The summed E-state index contributed by atoms with van der Waals surface area (Å²) in [7, 11) is 1.63. The molecule has 3 atom stereocenters. The molecule has 2 heterocycles. The van der Waals surface area contributed by atoms with E-state index >= 15 is 0 Å². The van der Waals surface area contributed by atoms with Crippen LogP contribution in [0.1, 0.15) is 35.2 Å². The van der Waals surface area contributed by atoms with Crippen LogP contribution in [0.4, 0.5) is 21.9 Å². The Kier molecular flexibility index (Phi) is 7.36. The average molecular weight is 591 g/mol. The number of ketones is 1. The van der Waals surface area contributed by atoms with Crippen molar-refractivity contribution in [1.29, 1.82) is 0 Å². The smallest absolute Gasteiger partial charge is 0.327 e. The minimum absolute atomic E-state index is 0.0128. The van der Waals surface area contributed by atoms with Gasteiger partial charge in [0.1, 0.15) is 11.5 Å². The van der Waals surface area contributed by atoms with Crippen molar-refractivity contribution in [1.82, 2.24) is 0 Å². The fraction of sp³-hybridized carbons (Fsp3) is 0.194. The maximum Gasteiger partial charge on any atom is 0.327 e. The Labute approximate surface area is 246 Å². The van der Waals surface area contributed by atoms with Gasteiger partial charge in [0.2, 0.25) is 0 Å². The molecule has 2 aliphatic rings. The third kappa shape index (κ3) is 5.01. The van der Waals surface area contributed by atoms with Crippen LogP contribution in [0.5, 0.6) is 5.75 Å². The molecule has 0 bridgehead atoms. The Morgan fingerprint density at radius 2 is 1.80 bits per heavy atom. The van der Waals surface area contributed by atoms with Gasteiger partial charge in [0.25, 0.3) is 0 Å². The summed E-state index contributed by atoms with van der Waals surface area (Å²) in [6.45, 7) is 0. The van der Waals surface area contributed by atoms with Crippen LogP contribution in [0.15, 0.2) is 89.2 Å². The lowest BCUT2D eigenvalue weighted by Crippen LogP contribution is -2.46. The summed E-state index contributed by atoms with van der Waals surface area (Å²) in [5, 5.41) is 5.67. The summed E-state index contributed by atoms with van der Waals surface area (Å²) in [5.74, 6) is 0.233. The van der Waals surface area contributed by atoms with E-state index in [4.69, 9.17) is 32.9 Å². The second-order valence-corrected chi connectivity index (χ2v) is 11.6. The second-order valence-electron chi connectivity index (χ2n) is 9.80. The van der Waals surface area contributed by atoms with Crippen molar-refractivity contribution in [2.45, 2.75) is 24.8 Å². The predicted octanol–water partition coefficient (Wildman–Crippen LogP) is 8.69. The largest absolute Gasteiger partial charge is 0.497 e. The summed E-state index contributed by atoms with van der Waals surface area (Å²) in [6, 6.07) is 23.3. The van der Waals surface area contributed by atoms with E-state index in [0.717, 1.165) is 21.9 Å². The van der Waals surface area contributed by atoms with Crippen LogP contribution < -0.4 is 15.0 Å². The number of anilines is 2. The first-order chi connectivity index (χ1) is 19.4. The first-order valence-corrected chi connectivity index (χ1v) is 14.5. The number of aliphatic imine (C=N–C) groups is 1. The highest BCUT2D eigenvalue weighted by molar-refractivity contribution is 7.10. The quantitative estimate of drug-likeness (QED) is 0.259. The SMILES string of the molecule is COc1ccc(C2CC(=O)C3C(=Nc4ccccc4N(C(=O)Nc4ccc(Cl)c(Cl)c4)C3c3cccs3)C2)cc1. The van der Waals surface area contributed by atoms with Gasteiger partial charge in [-0.1, -0.05) is 53.5 Å². The van der Waals surface area contributed by atoms with Crippen LogP contribution >= 0.6 is 34.5 Å². The van der Waals surface area contributed by atoms with Gasteiger partial charge < -0.3 is 10.1 Å². The molecule has 40 heavy (non-hydrogen) atoms. The van der Waals surface area contributed by atoms with Crippen molar-refractivity contribution in [3.05, 3.63) is 105 Å². The van der Waals surface area contributed by atoms with Crippen molar-refractivity contribution >= 4 is 69.1 Å². The Hall–Kier alpha value is -3.65. The summed E-state index contributed by atoms with van der Waals surface area (Å²) in [4.78, 5) is 35.8. The highest BCUT2D eigenvalue weighted by atomic mass is 35.5. The number of carbonyl (C=O) groups excluding carboxylic acids is 2. The first-order valence-electron chi connectivity index (χ1n) is 12.8. The van der Waals surface area contributed by atoms with E-state index in [0.29, 0.717) is 39.9 Å². The van der Waals surface area contributed by atoms with Crippen molar-refractivity contribution in [3.8, 4) is 5.75 Å². The van der Waals surface area contributed by atoms with Gasteiger partial charge >= 0.3 is 6.03 Å². The lowest BCUT2D eigenvalue weighted by molar-refractivity contribution is -0.122. The highest BCUT2D eigenvalue weighted by Crippen LogP contribution is 2.48. The minimum atomic E-state index is -0.583. The fourth-order valence-electron chi connectivity index (χ4n) is 5.55. The average Bonchev–Trinajstić information content (AvgIpc) is 3.44. The van der Waals surface area contributed by atoms with E-state index in [2.05, 4.69) is 5.32 Å². The summed E-state index contributed by atoms with van der Waals surface area (Å²) in [5.41, 5.74) is 3.63. The number of para-hydroxylation sites is 2. The molecule has 2 amide bonds. The summed E-state index contributed by atoms with van der Waals surface area (Å²) >= 11 is 13.8. The second kappa shape index (κ2) is 11.1. The van der Waals surface area contributed by atoms with Crippen molar-refractivity contribution in [2.75, 3.05) is 17.3 Å². The lowest BCUT2D eigenvalue weighted by atomic mass is 9.73. The number of amides is 2. The Morgan fingerprint density at radius 3 is 2.52 bits per heavy atom. The molecule has 6 rings (SSSR count). The number of nitrogens with zero attached hydrogens (tertiary/aromatic N) is 2. The van der Waals surface area contributed by atoms with Crippen LogP contribution in [0.2, 0.25) is 10.0 Å². The molecule has 1 saturated carbocycles. The molecule has 9 heteroatoms. The fourth-order valence-corrected chi connectivity index (χ4v) is 6.70. The molecular weight excluding hydrogens is 565 g/mol. The van der Waals surface area contributed by atoms with E-state index in [-0.39, 0.29) is 17.7 Å². The number of Topliss-reactive ketones (excluding diaryl/α,β-unsaturated/α-hetero) is 1. The van der Waals surface area contributed by atoms with Gasteiger partial charge in [-0.05, 0) is 71.8 Å². The number of ether oxygens (including phenoxy) is 1. The number of nitrogens with one attached hydrogen (secondary N) is 1. The zero-order chi connectivity index (χ0) is 27.8. The number of benzene rings is 3. The monoisotopic (exact) mass is 589 g/mol. The molecule has 6 nitrogen and oxygen atoms in total. The van der Waals surface area contributed by atoms with E-state index in [1.807, 2.05) is 66.0 Å². The number of thiophene rings is 1. The van der Waals surface area contributed by atoms with Crippen LogP contribution in [-0.4, -0.2) is 24.6 Å². The summed E-state index contributed by atoms with van der Waals surface area (Å²) < 4.78 is 5.32. The topological polar surface area (TPSA) is 71.0 Å². The predicted molar refractivity (Wildman–Crippen MR) is 162 cm³/mol. The molecule has 3 unspecified atom stereocenters. The normalized spacial score (nSPS) is 20.2. The standard InChI is InChI=1S/C31H25Cl2N3O3S/c1-39-21-11-8-18(9-12-21)19-15-25-29(27(37)16-19)30(28-7-4-14-40-28)36(26-6-3-2-5-24(26)35-25)31(38)34-20-10-13-22(32)23(33)17-20/h2-14,17,19,29-30H,15-16H2,1H3,(H,34,38). The van der Waals surface area contributed by atoms with Gasteiger partial charge in [-0.25, -0.2) is 4.79 Å². The van der Waals surface area contributed by atoms with Crippen LogP contribution in [0, 0.1) is 5.92 Å². The van der Waals surface area contributed by atoms with Crippen LogP contribution in [-0.2, 0) is 4.79 Å². The molecule has 1 aromatic heterocycles. The van der Waals surface area contributed by atoms with Crippen molar-refractivity contribution in [2.24, 2.45) is 10.9 Å². The molecule has 202 valence electrons. The van der Waals surface area contributed by atoms with Gasteiger partial charge in [-0.2, -0.15) is 0 Å². The third-order valence-corrected chi connectivity index (χ3v) is 9.10. The first kappa shape index (κ1) is 26.6. The molecule has 0 spiro atoms. The number of hydrogen-bond donors (Lipinski definition) is 1. The molecule has 0 saturated heterocycles. The summed E-state index contributed by atoms with van der Waals surface area (Å²) in [6.07, 6.45) is 0.970. The zero-order valence-corrected chi connectivity index (χ0v) is 23.8. The molecule has 1 aliphatic heterocycles. The van der Waals surface area contributed by atoms with E-state index in [1.54, 1.807) is 30.2 Å². The van der Waals surface area contributed by atoms with E-state index in [1.165, 1.54) is 11.3 Å². The number of carbonyl (C=O) groups is 2. The molecule has 3 aromatic carbocycles. The highest BCUT2D eigenvalue weighted by Gasteiger charge is 2.46. The third-order valence-electron chi connectivity index (χ3n) is 7.42. The van der Waals surface area contributed by atoms with Gasteiger partial charge in [0.15, 0.2) is 0 Å². The minimum Gasteiger partial charge on any atom is -0.497 e. The number of urea groups is 1. The Morgan fingerprint density at radius 1 is 1.00 bits per heavy atom. The van der Waals surface area contributed by atoms with Gasteiger partial charge in [0, 0.05) is 22.7 Å².